The maximum absolute atomic E-state index is 11.6. The Labute approximate surface area is 98.0 Å². The lowest BCUT2D eigenvalue weighted by atomic mass is 10.1. The highest BCUT2D eigenvalue weighted by atomic mass is 16.5. The number of rotatable bonds is 3. The highest BCUT2D eigenvalue weighted by molar-refractivity contribution is 5.71. The Morgan fingerprint density at radius 2 is 1.94 bits per heavy atom. The van der Waals surface area contributed by atoms with Crippen molar-refractivity contribution in [3.05, 3.63) is 40.9 Å². The van der Waals surface area contributed by atoms with Crippen molar-refractivity contribution in [1.82, 2.24) is 9.97 Å². The predicted molar refractivity (Wildman–Crippen MR) is 63.4 cm³/mol. The van der Waals surface area contributed by atoms with Gasteiger partial charge in [0.05, 0.1) is 20.5 Å². The van der Waals surface area contributed by atoms with E-state index in [0.717, 1.165) is 5.56 Å². The molecule has 0 spiro atoms. The third-order valence-corrected chi connectivity index (χ3v) is 2.38. The average molecular weight is 232 g/mol. The molecule has 0 saturated heterocycles. The number of nitrogens with zero attached hydrogens (tertiary/aromatic N) is 1. The van der Waals surface area contributed by atoms with Crippen molar-refractivity contribution in [2.45, 2.75) is 0 Å². The molecule has 1 aromatic heterocycles. The fraction of sp³-hybridized carbons (Fsp3) is 0.167. The van der Waals surface area contributed by atoms with Crippen LogP contribution in [0.25, 0.3) is 11.3 Å². The minimum absolute atomic E-state index is 0.178. The van der Waals surface area contributed by atoms with E-state index in [0.29, 0.717) is 11.4 Å². The Kier molecular flexibility index (Phi) is 3.09. The van der Waals surface area contributed by atoms with E-state index in [-0.39, 0.29) is 11.3 Å². The van der Waals surface area contributed by atoms with Gasteiger partial charge in [0.1, 0.15) is 11.4 Å². The summed E-state index contributed by atoms with van der Waals surface area (Å²) in [6.45, 7) is 0. The SMILES string of the molecule is COc1ccccc1-c1nc[nH]c(=O)c1OC. The summed E-state index contributed by atoms with van der Waals surface area (Å²) in [6, 6.07) is 7.32. The van der Waals surface area contributed by atoms with Gasteiger partial charge < -0.3 is 14.5 Å². The molecule has 1 heterocycles. The summed E-state index contributed by atoms with van der Waals surface area (Å²) >= 11 is 0. The van der Waals surface area contributed by atoms with Gasteiger partial charge in [-0.3, -0.25) is 4.79 Å². The number of hydrogen-bond acceptors (Lipinski definition) is 4. The monoisotopic (exact) mass is 232 g/mol. The third kappa shape index (κ3) is 1.99. The first-order valence-electron chi connectivity index (χ1n) is 5.03. The molecule has 1 N–H and O–H groups in total. The number of hydrogen-bond donors (Lipinski definition) is 1. The number of aromatic amines is 1. The molecule has 88 valence electrons. The molecule has 0 saturated carbocycles. The molecule has 0 bridgehead atoms. The Morgan fingerprint density at radius 1 is 1.18 bits per heavy atom. The van der Waals surface area contributed by atoms with Crippen LogP contribution in [0.2, 0.25) is 0 Å². The van der Waals surface area contributed by atoms with Gasteiger partial charge in [0, 0.05) is 5.56 Å². The summed E-state index contributed by atoms with van der Waals surface area (Å²) in [5.74, 6) is 0.820. The highest BCUT2D eigenvalue weighted by Crippen LogP contribution is 2.31. The molecular weight excluding hydrogens is 220 g/mol. The van der Waals surface area contributed by atoms with Crippen molar-refractivity contribution in [2.75, 3.05) is 14.2 Å². The number of methoxy groups -OCH3 is 2. The molecule has 0 aliphatic carbocycles. The number of nitrogens with one attached hydrogen (secondary N) is 1. The number of ether oxygens (including phenoxy) is 2. The standard InChI is InChI=1S/C12H12N2O3/c1-16-9-6-4-3-5-8(9)10-11(17-2)12(15)14-7-13-10/h3-7H,1-2H3,(H,13,14,15). The zero-order valence-electron chi connectivity index (χ0n) is 9.56. The summed E-state index contributed by atoms with van der Waals surface area (Å²) in [7, 11) is 3.00. The lowest BCUT2D eigenvalue weighted by Crippen LogP contribution is -2.11. The number of para-hydroxylation sites is 1. The van der Waals surface area contributed by atoms with Crippen molar-refractivity contribution >= 4 is 0 Å². The number of aromatic nitrogens is 2. The van der Waals surface area contributed by atoms with E-state index in [1.807, 2.05) is 18.2 Å². The minimum atomic E-state index is -0.316. The fourth-order valence-corrected chi connectivity index (χ4v) is 1.61. The van der Waals surface area contributed by atoms with E-state index >= 15 is 0 Å². The smallest absolute Gasteiger partial charge is 0.293 e. The van der Waals surface area contributed by atoms with Crippen LogP contribution in [-0.2, 0) is 0 Å². The second-order valence-electron chi connectivity index (χ2n) is 3.31. The summed E-state index contributed by atoms with van der Waals surface area (Å²) in [5, 5.41) is 0. The predicted octanol–water partition coefficient (Wildman–Crippen LogP) is 1.45. The molecule has 0 aliphatic rings. The molecular formula is C12H12N2O3. The molecule has 0 aliphatic heterocycles. The Hall–Kier alpha value is -2.30. The summed E-state index contributed by atoms with van der Waals surface area (Å²) in [6.07, 6.45) is 1.34. The maximum Gasteiger partial charge on any atom is 0.293 e. The molecule has 5 heteroatoms. The van der Waals surface area contributed by atoms with Gasteiger partial charge in [0.15, 0.2) is 0 Å². The largest absolute Gasteiger partial charge is 0.496 e. The van der Waals surface area contributed by atoms with Crippen LogP contribution in [0.1, 0.15) is 0 Å². The molecule has 0 amide bonds. The average Bonchev–Trinajstić information content (AvgIpc) is 2.38. The summed E-state index contributed by atoms with van der Waals surface area (Å²) in [4.78, 5) is 18.2. The van der Waals surface area contributed by atoms with E-state index < -0.39 is 0 Å². The number of benzene rings is 1. The van der Waals surface area contributed by atoms with Crippen molar-refractivity contribution in [1.29, 1.82) is 0 Å². The van der Waals surface area contributed by atoms with Gasteiger partial charge in [0.25, 0.3) is 5.56 Å². The molecule has 2 aromatic rings. The van der Waals surface area contributed by atoms with Crippen molar-refractivity contribution in [2.24, 2.45) is 0 Å². The minimum Gasteiger partial charge on any atom is -0.496 e. The normalized spacial score (nSPS) is 10.0. The second kappa shape index (κ2) is 4.69. The van der Waals surface area contributed by atoms with E-state index in [2.05, 4.69) is 9.97 Å². The highest BCUT2D eigenvalue weighted by Gasteiger charge is 2.14. The van der Waals surface area contributed by atoms with Gasteiger partial charge in [0.2, 0.25) is 5.75 Å². The van der Waals surface area contributed by atoms with Gasteiger partial charge in [-0.05, 0) is 12.1 Å². The molecule has 2 rings (SSSR count). The van der Waals surface area contributed by atoms with E-state index in [9.17, 15) is 4.79 Å². The quantitative estimate of drug-likeness (QED) is 0.870. The van der Waals surface area contributed by atoms with Crippen molar-refractivity contribution in [3.63, 3.8) is 0 Å². The van der Waals surface area contributed by atoms with Crippen LogP contribution in [0.4, 0.5) is 0 Å². The van der Waals surface area contributed by atoms with E-state index in [1.54, 1.807) is 13.2 Å². The molecule has 1 aromatic carbocycles. The van der Waals surface area contributed by atoms with Gasteiger partial charge in [-0.1, -0.05) is 12.1 Å². The van der Waals surface area contributed by atoms with Crippen LogP contribution in [-0.4, -0.2) is 24.2 Å². The lowest BCUT2D eigenvalue weighted by molar-refractivity contribution is 0.404. The van der Waals surface area contributed by atoms with Crippen molar-refractivity contribution in [3.8, 4) is 22.8 Å². The van der Waals surface area contributed by atoms with E-state index in [4.69, 9.17) is 9.47 Å². The first kappa shape index (κ1) is 11.2. The van der Waals surface area contributed by atoms with Crippen LogP contribution in [0, 0.1) is 0 Å². The zero-order valence-corrected chi connectivity index (χ0v) is 9.56. The number of H-pyrrole nitrogens is 1. The Morgan fingerprint density at radius 3 is 2.65 bits per heavy atom. The second-order valence-corrected chi connectivity index (χ2v) is 3.31. The van der Waals surface area contributed by atoms with Crippen LogP contribution >= 0.6 is 0 Å². The maximum atomic E-state index is 11.6. The first-order valence-corrected chi connectivity index (χ1v) is 5.03. The van der Waals surface area contributed by atoms with E-state index in [1.165, 1.54) is 13.4 Å². The Bertz CT molecular complexity index is 578. The molecule has 17 heavy (non-hydrogen) atoms. The zero-order chi connectivity index (χ0) is 12.3. The molecule has 0 radical (unpaired) electrons. The van der Waals surface area contributed by atoms with Crippen LogP contribution in [0.3, 0.4) is 0 Å². The molecule has 0 unspecified atom stereocenters. The first-order chi connectivity index (χ1) is 8.27. The topological polar surface area (TPSA) is 64.2 Å². The third-order valence-electron chi connectivity index (χ3n) is 2.38. The summed E-state index contributed by atoms with van der Waals surface area (Å²) < 4.78 is 10.3. The molecule has 0 fully saturated rings. The van der Waals surface area contributed by atoms with Crippen LogP contribution < -0.4 is 15.0 Å². The van der Waals surface area contributed by atoms with Crippen LogP contribution in [0.5, 0.6) is 11.5 Å². The van der Waals surface area contributed by atoms with Crippen LogP contribution in [0.15, 0.2) is 35.4 Å². The summed E-state index contributed by atoms with van der Waals surface area (Å²) in [5.41, 5.74) is 0.870. The van der Waals surface area contributed by atoms with Gasteiger partial charge >= 0.3 is 0 Å². The molecule has 5 nitrogen and oxygen atoms in total. The van der Waals surface area contributed by atoms with Gasteiger partial charge in [-0.2, -0.15) is 0 Å². The van der Waals surface area contributed by atoms with Crippen molar-refractivity contribution < 1.29 is 9.47 Å². The Balaban J connectivity index is 2.68. The fourth-order valence-electron chi connectivity index (χ4n) is 1.61. The molecule has 0 atom stereocenters. The van der Waals surface area contributed by atoms with Gasteiger partial charge in [-0.25, -0.2) is 4.98 Å². The van der Waals surface area contributed by atoms with Gasteiger partial charge in [-0.15, -0.1) is 0 Å². The lowest BCUT2D eigenvalue weighted by Gasteiger charge is -2.09.